The zero-order valence-corrected chi connectivity index (χ0v) is 14.6. The van der Waals surface area contributed by atoms with Gasteiger partial charge in [0, 0.05) is 12.5 Å². The van der Waals surface area contributed by atoms with Crippen LogP contribution in [0, 0.1) is 5.41 Å². The summed E-state index contributed by atoms with van der Waals surface area (Å²) in [5.74, 6) is -0.709. The Morgan fingerprint density at radius 3 is 2.43 bits per heavy atom. The fourth-order valence-electron chi connectivity index (χ4n) is 2.62. The predicted molar refractivity (Wildman–Crippen MR) is 94.2 cm³/mol. The van der Waals surface area contributed by atoms with Gasteiger partial charge in [-0.2, -0.15) is 0 Å². The summed E-state index contributed by atoms with van der Waals surface area (Å²) in [7, 11) is 0. The Morgan fingerprint density at radius 2 is 1.83 bits per heavy atom. The minimum absolute atomic E-state index is 0.0193. The van der Waals surface area contributed by atoms with Gasteiger partial charge >= 0.3 is 5.97 Å². The second-order valence-corrected chi connectivity index (χ2v) is 6.68. The molecule has 0 amide bonds. The molecule has 0 saturated heterocycles. The van der Waals surface area contributed by atoms with Gasteiger partial charge in [0.05, 0.1) is 0 Å². The molecule has 1 rings (SSSR count). The highest BCUT2D eigenvalue weighted by atomic mass is 16.4. The molecule has 0 spiro atoms. The molecule has 0 radical (unpaired) electrons. The molecule has 1 aliphatic carbocycles. The third-order valence-corrected chi connectivity index (χ3v) is 4.11. The summed E-state index contributed by atoms with van der Waals surface area (Å²) < 4.78 is 0. The van der Waals surface area contributed by atoms with Crippen LogP contribution in [0.25, 0.3) is 0 Å². The van der Waals surface area contributed by atoms with Crippen LogP contribution in [-0.2, 0) is 9.59 Å². The molecule has 0 aromatic heterocycles. The Kier molecular flexibility index (Phi) is 6.49. The molecule has 0 atom stereocenters. The summed E-state index contributed by atoms with van der Waals surface area (Å²) in [5.41, 5.74) is 3.71. The molecule has 3 heteroatoms. The number of hydrogen-bond donors (Lipinski definition) is 1. The van der Waals surface area contributed by atoms with Gasteiger partial charge in [0.15, 0.2) is 5.78 Å². The normalized spacial score (nSPS) is 20.0. The van der Waals surface area contributed by atoms with Crippen molar-refractivity contribution in [2.24, 2.45) is 5.41 Å². The molecule has 1 N–H and O–H groups in total. The Labute approximate surface area is 138 Å². The van der Waals surface area contributed by atoms with Crippen LogP contribution in [0.4, 0.5) is 0 Å². The number of ketones is 1. The number of Topliss-reactive ketones (excluding diaryl/α,β-unsaturated/α-hetero) is 1. The molecule has 0 fully saturated rings. The maximum absolute atomic E-state index is 11.9. The molecule has 23 heavy (non-hydrogen) atoms. The topological polar surface area (TPSA) is 54.4 Å². The van der Waals surface area contributed by atoms with E-state index in [2.05, 4.69) is 13.8 Å². The SMILES string of the molecule is CC(C=CC1=C(C)C(=O)CCC1(C)C)=CC=CC(C)=CC(=O)O. The second kappa shape index (κ2) is 7.91. The number of aliphatic carboxylic acids is 1. The molecule has 0 unspecified atom stereocenters. The second-order valence-electron chi connectivity index (χ2n) is 6.68. The zero-order chi connectivity index (χ0) is 17.6. The fraction of sp³-hybridized carbons (Fsp3) is 0.400. The molecule has 0 bridgehead atoms. The van der Waals surface area contributed by atoms with E-state index in [4.69, 9.17) is 5.11 Å². The van der Waals surface area contributed by atoms with Gasteiger partial charge in [0.2, 0.25) is 0 Å². The Morgan fingerprint density at radius 1 is 1.17 bits per heavy atom. The highest BCUT2D eigenvalue weighted by Crippen LogP contribution is 2.39. The first kappa shape index (κ1) is 18.9. The van der Waals surface area contributed by atoms with Crippen LogP contribution in [0.5, 0.6) is 0 Å². The van der Waals surface area contributed by atoms with Gasteiger partial charge in [-0.25, -0.2) is 4.79 Å². The smallest absolute Gasteiger partial charge is 0.328 e. The van der Waals surface area contributed by atoms with Gasteiger partial charge in [0.1, 0.15) is 0 Å². The minimum atomic E-state index is -0.945. The fourth-order valence-corrected chi connectivity index (χ4v) is 2.62. The van der Waals surface area contributed by atoms with Crippen molar-refractivity contribution >= 4 is 11.8 Å². The van der Waals surface area contributed by atoms with Crippen molar-refractivity contribution in [2.45, 2.75) is 47.5 Å². The number of carbonyl (C=O) groups excluding carboxylic acids is 1. The monoisotopic (exact) mass is 314 g/mol. The summed E-state index contributed by atoms with van der Waals surface area (Å²) in [5, 5.41) is 8.65. The van der Waals surface area contributed by atoms with E-state index in [9.17, 15) is 9.59 Å². The van der Waals surface area contributed by atoms with Crippen molar-refractivity contribution in [1.82, 2.24) is 0 Å². The van der Waals surface area contributed by atoms with E-state index in [-0.39, 0.29) is 11.2 Å². The van der Waals surface area contributed by atoms with Gasteiger partial charge in [0.25, 0.3) is 0 Å². The van der Waals surface area contributed by atoms with E-state index in [1.807, 2.05) is 38.2 Å². The Hall–Kier alpha value is -2.16. The van der Waals surface area contributed by atoms with Gasteiger partial charge in [-0.3, -0.25) is 4.79 Å². The highest BCUT2D eigenvalue weighted by Gasteiger charge is 2.30. The molecule has 0 aromatic rings. The molecule has 0 saturated carbocycles. The molecule has 1 aliphatic rings. The zero-order valence-electron chi connectivity index (χ0n) is 14.6. The van der Waals surface area contributed by atoms with Gasteiger partial charge in [-0.15, -0.1) is 0 Å². The third-order valence-electron chi connectivity index (χ3n) is 4.11. The molecule has 0 aromatic carbocycles. The average molecular weight is 314 g/mol. The van der Waals surface area contributed by atoms with Crippen molar-refractivity contribution in [3.8, 4) is 0 Å². The number of rotatable bonds is 5. The quantitative estimate of drug-likeness (QED) is 0.587. The van der Waals surface area contributed by atoms with E-state index in [0.717, 1.165) is 23.1 Å². The van der Waals surface area contributed by atoms with Crippen LogP contribution in [0.15, 0.2) is 58.7 Å². The largest absolute Gasteiger partial charge is 0.478 e. The lowest BCUT2D eigenvalue weighted by atomic mass is 9.72. The average Bonchev–Trinajstić information content (AvgIpc) is 2.42. The molecule has 0 heterocycles. The Bertz CT molecular complexity index is 638. The minimum Gasteiger partial charge on any atom is -0.478 e. The van der Waals surface area contributed by atoms with Gasteiger partial charge in [-0.1, -0.05) is 49.8 Å². The number of carboxylic acids is 1. The number of carbonyl (C=O) groups is 2. The van der Waals surface area contributed by atoms with Crippen molar-refractivity contribution in [1.29, 1.82) is 0 Å². The molecular weight excluding hydrogens is 288 g/mol. The third kappa shape index (κ3) is 5.85. The van der Waals surface area contributed by atoms with E-state index in [0.29, 0.717) is 12.0 Å². The van der Waals surface area contributed by atoms with Crippen LogP contribution >= 0.6 is 0 Å². The standard InChI is InChI=1S/C20H26O3/c1-14(7-6-8-15(2)13-19(22)23)9-10-17-16(3)18(21)11-12-20(17,4)5/h6-10,13H,11-12H2,1-5H3,(H,22,23). The summed E-state index contributed by atoms with van der Waals surface area (Å²) in [6.07, 6.45) is 12.2. The van der Waals surface area contributed by atoms with Crippen LogP contribution < -0.4 is 0 Å². The maximum Gasteiger partial charge on any atom is 0.328 e. The molecular formula is C20H26O3. The molecule has 124 valence electrons. The lowest BCUT2D eigenvalue weighted by Gasteiger charge is -2.32. The molecule has 3 nitrogen and oxygen atoms in total. The first-order valence-corrected chi connectivity index (χ1v) is 7.82. The van der Waals surface area contributed by atoms with Crippen molar-refractivity contribution < 1.29 is 14.7 Å². The highest BCUT2D eigenvalue weighted by molar-refractivity contribution is 5.97. The van der Waals surface area contributed by atoms with E-state index in [1.165, 1.54) is 6.08 Å². The lowest BCUT2D eigenvalue weighted by molar-refractivity contribution is -0.131. The lowest BCUT2D eigenvalue weighted by Crippen LogP contribution is -2.24. The van der Waals surface area contributed by atoms with Gasteiger partial charge in [-0.05, 0) is 49.3 Å². The van der Waals surface area contributed by atoms with Crippen LogP contribution in [0.1, 0.15) is 47.5 Å². The van der Waals surface area contributed by atoms with E-state index < -0.39 is 5.97 Å². The van der Waals surface area contributed by atoms with Crippen LogP contribution in [0.3, 0.4) is 0 Å². The Balaban J connectivity index is 2.89. The molecule has 0 aliphatic heterocycles. The summed E-state index contributed by atoms with van der Waals surface area (Å²) >= 11 is 0. The van der Waals surface area contributed by atoms with Crippen LogP contribution in [0.2, 0.25) is 0 Å². The van der Waals surface area contributed by atoms with E-state index in [1.54, 1.807) is 13.0 Å². The summed E-state index contributed by atoms with van der Waals surface area (Å²) in [4.78, 5) is 22.4. The summed E-state index contributed by atoms with van der Waals surface area (Å²) in [6, 6.07) is 0. The first-order valence-electron chi connectivity index (χ1n) is 7.82. The van der Waals surface area contributed by atoms with Crippen LogP contribution in [-0.4, -0.2) is 16.9 Å². The van der Waals surface area contributed by atoms with Crippen molar-refractivity contribution in [3.63, 3.8) is 0 Å². The van der Waals surface area contributed by atoms with E-state index >= 15 is 0 Å². The number of allylic oxidation sites excluding steroid dienone is 9. The van der Waals surface area contributed by atoms with Gasteiger partial charge < -0.3 is 5.11 Å². The van der Waals surface area contributed by atoms with Crippen molar-refractivity contribution in [2.75, 3.05) is 0 Å². The number of carboxylic acid groups (broad SMARTS) is 1. The predicted octanol–water partition coefficient (Wildman–Crippen LogP) is 4.78. The van der Waals surface area contributed by atoms with Crippen molar-refractivity contribution in [3.05, 3.63) is 58.7 Å². The number of hydrogen-bond acceptors (Lipinski definition) is 2. The maximum atomic E-state index is 11.9. The first-order chi connectivity index (χ1) is 10.6. The summed E-state index contributed by atoms with van der Waals surface area (Å²) in [6.45, 7) is 9.96.